The maximum absolute atomic E-state index is 10.1. The fourth-order valence-corrected chi connectivity index (χ4v) is 1.73. The molecule has 32 heavy (non-hydrogen) atoms. The van der Waals surface area contributed by atoms with Crippen molar-refractivity contribution in [3.05, 3.63) is 0 Å². The summed E-state index contributed by atoms with van der Waals surface area (Å²) in [7, 11) is 0. The van der Waals surface area contributed by atoms with Crippen LogP contribution in [-0.4, -0.2) is 237 Å². The van der Waals surface area contributed by atoms with E-state index < -0.39 is 86.2 Å². The third kappa shape index (κ3) is 14.0. The second kappa shape index (κ2) is 20.5. The van der Waals surface area contributed by atoms with Crippen LogP contribution in [0, 0.1) is 0 Å². The number of aliphatic hydroxyl groups excluding tert-OH is 12. The molecule has 10 atom stereocenters. The SMILES string of the molecule is O=C([O-])C(O)[C@H](O)[C@@H](O)[C@H](O)[C@H](O)CO.O=C([O-])C(O)[C@H](O)[C@@H](O)[C@H](O)[C@H](O)CO.[Ca+2].[KH]. The van der Waals surface area contributed by atoms with Gasteiger partial charge in [-0.25, -0.2) is 0 Å². The van der Waals surface area contributed by atoms with Gasteiger partial charge < -0.3 is 81.1 Å². The average Bonchev–Trinajstić information content (AvgIpc) is 2.73. The van der Waals surface area contributed by atoms with Crippen molar-refractivity contribution < 1.29 is 81.1 Å². The Bertz CT molecular complexity index is 471. The average molecular weight is 531 g/mol. The van der Waals surface area contributed by atoms with Gasteiger partial charge in [0.15, 0.2) is 0 Å². The van der Waals surface area contributed by atoms with Gasteiger partial charge >= 0.3 is 89.1 Å². The molecule has 2 unspecified atom stereocenters. The molecule has 0 aliphatic rings. The number of carboxylic acids is 2. The van der Waals surface area contributed by atoms with Crippen molar-refractivity contribution in [1.82, 2.24) is 0 Å². The Labute approximate surface area is 253 Å². The van der Waals surface area contributed by atoms with Crippen LogP contribution in [0.3, 0.4) is 0 Å². The van der Waals surface area contributed by atoms with E-state index in [0.29, 0.717) is 0 Å². The quantitative estimate of drug-likeness (QED) is 0.104. The van der Waals surface area contributed by atoms with Crippen molar-refractivity contribution in [2.75, 3.05) is 13.2 Å². The van der Waals surface area contributed by atoms with Crippen molar-refractivity contribution in [1.29, 1.82) is 0 Å². The monoisotopic (exact) mass is 530 g/mol. The number of carboxylic acid groups (broad SMARTS) is 2. The van der Waals surface area contributed by atoms with E-state index in [1.165, 1.54) is 0 Å². The van der Waals surface area contributed by atoms with E-state index in [4.69, 9.17) is 61.3 Å². The molecule has 0 spiro atoms. The van der Waals surface area contributed by atoms with E-state index in [1.807, 2.05) is 0 Å². The number of hydrogen-bond acceptors (Lipinski definition) is 16. The Morgan fingerprint density at radius 1 is 0.531 bits per heavy atom. The zero-order chi connectivity index (χ0) is 24.3. The summed E-state index contributed by atoms with van der Waals surface area (Å²) in [5, 5.41) is 126. The van der Waals surface area contributed by atoms with Crippen LogP contribution in [0.4, 0.5) is 0 Å². The molecular formula is C14H27CaKO16. The van der Waals surface area contributed by atoms with Crippen molar-refractivity contribution in [2.24, 2.45) is 0 Å². The van der Waals surface area contributed by atoms with Crippen LogP contribution in [0.5, 0.6) is 0 Å². The summed E-state index contributed by atoms with van der Waals surface area (Å²) in [4.78, 5) is 20.2. The topological polar surface area (TPSA) is 323 Å². The molecule has 0 aliphatic carbocycles. The number of rotatable bonds is 12. The summed E-state index contributed by atoms with van der Waals surface area (Å²) in [5.74, 6) is -4.07. The van der Waals surface area contributed by atoms with Crippen LogP contribution in [0.25, 0.3) is 0 Å². The minimum absolute atomic E-state index is 0. The third-order valence-corrected chi connectivity index (χ3v) is 3.69. The first-order chi connectivity index (χ1) is 13.6. The molecule has 182 valence electrons. The van der Waals surface area contributed by atoms with Gasteiger partial charge in [-0.15, -0.1) is 0 Å². The molecule has 12 N–H and O–H groups in total. The number of hydrogen-bond donors (Lipinski definition) is 12. The van der Waals surface area contributed by atoms with Crippen molar-refractivity contribution in [2.45, 2.75) is 61.0 Å². The maximum atomic E-state index is 10.1. The molecule has 0 aromatic carbocycles. The molecule has 0 fully saturated rings. The molecule has 0 heterocycles. The van der Waals surface area contributed by atoms with E-state index in [0.717, 1.165) is 0 Å². The fourth-order valence-electron chi connectivity index (χ4n) is 1.73. The minimum atomic E-state index is -2.40. The molecule has 0 saturated heterocycles. The first-order valence-corrected chi connectivity index (χ1v) is 8.09. The Morgan fingerprint density at radius 2 is 0.750 bits per heavy atom. The van der Waals surface area contributed by atoms with Gasteiger partial charge in [0.1, 0.15) is 61.0 Å². The summed E-state index contributed by atoms with van der Waals surface area (Å²) in [6.07, 6.45) is -21.0. The Kier molecular flexibility index (Phi) is 26.0. The second-order valence-electron chi connectivity index (χ2n) is 5.97. The van der Waals surface area contributed by atoms with Crippen molar-refractivity contribution >= 4 is 101 Å². The molecule has 0 amide bonds. The number of carbonyl (C=O) groups excluding carboxylic acids is 2. The van der Waals surface area contributed by atoms with Crippen LogP contribution in [-0.2, 0) is 9.59 Å². The van der Waals surface area contributed by atoms with E-state index in [2.05, 4.69) is 0 Å². The molecule has 0 saturated carbocycles. The van der Waals surface area contributed by atoms with Crippen LogP contribution in [0.15, 0.2) is 0 Å². The molecule has 0 radical (unpaired) electrons. The van der Waals surface area contributed by atoms with Gasteiger partial charge in [-0.1, -0.05) is 0 Å². The van der Waals surface area contributed by atoms with Gasteiger partial charge in [-0.3, -0.25) is 0 Å². The molecule has 0 bridgehead atoms. The molecule has 16 nitrogen and oxygen atoms in total. The number of aliphatic carboxylic acids is 2. The summed E-state index contributed by atoms with van der Waals surface area (Å²) < 4.78 is 0. The first kappa shape index (κ1) is 40.5. The first-order valence-electron chi connectivity index (χ1n) is 8.09. The predicted octanol–water partition coefficient (Wildman–Crippen LogP) is -12.0. The predicted molar refractivity (Wildman–Crippen MR) is 97.2 cm³/mol. The Balaban J connectivity index is -0.000000231. The Morgan fingerprint density at radius 3 is 0.906 bits per heavy atom. The van der Waals surface area contributed by atoms with Gasteiger partial charge in [-0.05, 0) is 0 Å². The molecule has 0 rings (SSSR count). The van der Waals surface area contributed by atoms with Crippen LogP contribution in [0.2, 0.25) is 0 Å². The van der Waals surface area contributed by atoms with Crippen molar-refractivity contribution in [3.63, 3.8) is 0 Å². The van der Waals surface area contributed by atoms with Crippen LogP contribution < -0.4 is 10.2 Å². The Hall–Kier alpha value is 1.36. The molecule has 18 heteroatoms. The van der Waals surface area contributed by atoms with E-state index >= 15 is 0 Å². The van der Waals surface area contributed by atoms with Gasteiger partial charge in [-0.2, -0.15) is 0 Å². The number of carbonyl (C=O) groups is 2. The zero-order valence-electron chi connectivity index (χ0n) is 15.9. The summed E-state index contributed by atoms with van der Waals surface area (Å²) in [6, 6.07) is 0. The summed E-state index contributed by atoms with van der Waals surface area (Å²) in [6.45, 7) is -1.79. The second-order valence-corrected chi connectivity index (χ2v) is 5.97. The fraction of sp³-hybridized carbons (Fsp3) is 0.857. The standard InChI is InChI=1S/2C7H14O8.Ca.K.H/c2*8-1-2(9)3(10)4(11)5(12)6(13)7(14)15;;;/h2*2-6,8-13H,1H2,(H,14,15);;;/q;;+2;;/p-2/t2*2-,3-,4+,5-,6?;;;/m11.../s1. The normalized spacial score (nSPS) is 20.1. The summed E-state index contributed by atoms with van der Waals surface area (Å²) >= 11 is 0. The molecule has 0 aliphatic heterocycles. The van der Waals surface area contributed by atoms with Gasteiger partial charge in [0, 0.05) is 0 Å². The molecule has 0 aromatic rings. The van der Waals surface area contributed by atoms with E-state index in [9.17, 15) is 19.8 Å². The summed E-state index contributed by atoms with van der Waals surface area (Å²) in [5.41, 5.74) is 0. The van der Waals surface area contributed by atoms with E-state index in [1.54, 1.807) is 0 Å². The third-order valence-electron chi connectivity index (χ3n) is 3.69. The van der Waals surface area contributed by atoms with Crippen LogP contribution in [0.1, 0.15) is 0 Å². The van der Waals surface area contributed by atoms with E-state index in [-0.39, 0.29) is 89.1 Å². The molecule has 0 aromatic heterocycles. The van der Waals surface area contributed by atoms with Gasteiger partial charge in [0.05, 0.1) is 25.2 Å². The van der Waals surface area contributed by atoms with Gasteiger partial charge in [0.25, 0.3) is 0 Å². The van der Waals surface area contributed by atoms with Crippen LogP contribution >= 0.6 is 0 Å². The molecular weight excluding hydrogens is 503 g/mol. The van der Waals surface area contributed by atoms with Crippen molar-refractivity contribution in [3.8, 4) is 0 Å². The van der Waals surface area contributed by atoms with Gasteiger partial charge in [0.2, 0.25) is 0 Å². The zero-order valence-corrected chi connectivity index (χ0v) is 18.1. The number of aliphatic hydroxyl groups is 12.